The van der Waals surface area contributed by atoms with Crippen LogP contribution in [0.3, 0.4) is 0 Å². The van der Waals surface area contributed by atoms with Gasteiger partial charge in [-0.2, -0.15) is 0 Å². The summed E-state index contributed by atoms with van der Waals surface area (Å²) in [5.74, 6) is 0. The van der Waals surface area contributed by atoms with Gasteiger partial charge in [-0.3, -0.25) is 0 Å². The van der Waals surface area contributed by atoms with Crippen LogP contribution in [0.4, 0.5) is 0 Å². The van der Waals surface area contributed by atoms with Crippen molar-refractivity contribution >= 4 is 11.2 Å². The molecule has 5 N–H and O–H groups in total. The van der Waals surface area contributed by atoms with Crippen LogP contribution in [0, 0.1) is 0 Å². The molecule has 0 saturated carbocycles. The van der Waals surface area contributed by atoms with Crippen LogP contribution in [-0.2, 0) is 0 Å². The molecule has 0 radical (unpaired) electrons. The molecule has 0 amide bonds. The third kappa shape index (κ3) is 1.67. The lowest BCUT2D eigenvalue weighted by atomic mass is 10.1. The van der Waals surface area contributed by atoms with E-state index in [2.05, 4.69) is 19.9 Å². The number of hydrogen-bond acceptors (Lipinski definition) is 6. The summed E-state index contributed by atoms with van der Waals surface area (Å²) in [5.41, 5.74) is 6.51. The van der Waals surface area contributed by atoms with E-state index >= 15 is 0 Å². The van der Waals surface area contributed by atoms with E-state index in [4.69, 9.17) is 5.73 Å². The Morgan fingerprint density at radius 1 is 1.33 bits per heavy atom. The first-order valence-corrected chi connectivity index (χ1v) is 4.44. The SMILES string of the molecule is NCC(O)C(O)c1ncnc2nc[nH]c12. The number of nitrogens with zero attached hydrogens (tertiary/aromatic N) is 3. The summed E-state index contributed by atoms with van der Waals surface area (Å²) in [6.45, 7) is -0.0409. The normalized spacial score (nSPS) is 15.4. The molecule has 0 spiro atoms. The molecule has 0 saturated heterocycles. The van der Waals surface area contributed by atoms with Crippen molar-refractivity contribution in [2.24, 2.45) is 5.73 Å². The smallest absolute Gasteiger partial charge is 0.180 e. The molecule has 2 aromatic rings. The fraction of sp³-hybridized carbons (Fsp3) is 0.375. The predicted molar refractivity (Wildman–Crippen MR) is 51.7 cm³/mol. The van der Waals surface area contributed by atoms with Crippen LogP contribution >= 0.6 is 0 Å². The van der Waals surface area contributed by atoms with Gasteiger partial charge in [-0.05, 0) is 0 Å². The Kier molecular flexibility index (Phi) is 2.58. The van der Waals surface area contributed by atoms with Crippen LogP contribution in [0.1, 0.15) is 11.8 Å². The van der Waals surface area contributed by atoms with Gasteiger partial charge in [0.25, 0.3) is 0 Å². The van der Waals surface area contributed by atoms with Crippen molar-refractivity contribution in [2.45, 2.75) is 12.2 Å². The highest BCUT2D eigenvalue weighted by Gasteiger charge is 2.21. The summed E-state index contributed by atoms with van der Waals surface area (Å²) >= 11 is 0. The Bertz CT molecular complexity index is 457. The van der Waals surface area contributed by atoms with Crippen molar-refractivity contribution in [2.75, 3.05) is 6.54 Å². The summed E-state index contributed by atoms with van der Waals surface area (Å²) in [6.07, 6.45) is 0.544. The fourth-order valence-electron chi connectivity index (χ4n) is 1.32. The molecule has 2 heterocycles. The van der Waals surface area contributed by atoms with E-state index in [-0.39, 0.29) is 6.54 Å². The molecule has 7 nitrogen and oxygen atoms in total. The van der Waals surface area contributed by atoms with Crippen LogP contribution in [-0.4, -0.2) is 42.8 Å². The standard InChI is InChI=1S/C8H11N5O2/c9-1-4(14)7(15)5-6-8(12-2-10-5)13-3-11-6/h2-4,7,14-15H,1,9H2,(H,10,11,12,13). The maximum atomic E-state index is 9.74. The second-order valence-electron chi connectivity index (χ2n) is 3.11. The maximum Gasteiger partial charge on any atom is 0.180 e. The highest BCUT2D eigenvalue weighted by atomic mass is 16.3. The topological polar surface area (TPSA) is 121 Å². The number of nitrogens with two attached hydrogens (primary N) is 1. The van der Waals surface area contributed by atoms with Crippen molar-refractivity contribution in [1.82, 2.24) is 19.9 Å². The molecule has 2 unspecified atom stereocenters. The van der Waals surface area contributed by atoms with Gasteiger partial charge >= 0.3 is 0 Å². The van der Waals surface area contributed by atoms with Crippen molar-refractivity contribution in [1.29, 1.82) is 0 Å². The van der Waals surface area contributed by atoms with E-state index in [0.29, 0.717) is 16.9 Å². The van der Waals surface area contributed by atoms with Gasteiger partial charge in [-0.15, -0.1) is 0 Å². The Morgan fingerprint density at radius 3 is 2.87 bits per heavy atom. The third-order valence-electron chi connectivity index (χ3n) is 2.14. The Hall–Kier alpha value is -1.57. The number of aliphatic hydroxyl groups excluding tert-OH is 2. The lowest BCUT2D eigenvalue weighted by Crippen LogP contribution is -2.28. The monoisotopic (exact) mass is 209 g/mol. The van der Waals surface area contributed by atoms with E-state index in [0.717, 1.165) is 0 Å². The summed E-state index contributed by atoms with van der Waals surface area (Å²) in [6, 6.07) is 0. The lowest BCUT2D eigenvalue weighted by Gasteiger charge is -2.15. The molecular formula is C8H11N5O2. The molecule has 0 aliphatic rings. The predicted octanol–water partition coefficient (Wildman–Crippen LogP) is -1.29. The van der Waals surface area contributed by atoms with E-state index in [1.54, 1.807) is 0 Å². The highest BCUT2D eigenvalue weighted by Crippen LogP contribution is 2.19. The van der Waals surface area contributed by atoms with Crippen molar-refractivity contribution < 1.29 is 10.2 Å². The van der Waals surface area contributed by atoms with Crippen LogP contribution in [0.2, 0.25) is 0 Å². The van der Waals surface area contributed by atoms with E-state index in [1.165, 1.54) is 12.7 Å². The van der Waals surface area contributed by atoms with Crippen molar-refractivity contribution in [3.05, 3.63) is 18.3 Å². The van der Waals surface area contributed by atoms with Crippen molar-refractivity contribution in [3.63, 3.8) is 0 Å². The molecule has 7 heteroatoms. The highest BCUT2D eigenvalue weighted by molar-refractivity contribution is 5.72. The molecule has 2 rings (SSSR count). The van der Waals surface area contributed by atoms with E-state index < -0.39 is 12.2 Å². The van der Waals surface area contributed by atoms with Crippen LogP contribution in [0.25, 0.3) is 11.2 Å². The minimum absolute atomic E-state index is 0.0409. The molecular weight excluding hydrogens is 198 g/mol. The second kappa shape index (κ2) is 3.89. The van der Waals surface area contributed by atoms with Gasteiger partial charge in [-0.25, -0.2) is 15.0 Å². The zero-order valence-corrected chi connectivity index (χ0v) is 7.83. The Morgan fingerprint density at radius 2 is 2.13 bits per heavy atom. The molecule has 0 aromatic carbocycles. The number of aliphatic hydroxyl groups is 2. The number of imidazole rings is 1. The largest absolute Gasteiger partial charge is 0.389 e. The summed E-state index contributed by atoms with van der Waals surface area (Å²) in [7, 11) is 0. The quantitative estimate of drug-likeness (QED) is 0.499. The Balaban J connectivity index is 2.46. The fourth-order valence-corrected chi connectivity index (χ4v) is 1.32. The molecule has 0 aliphatic carbocycles. The Labute approximate surface area is 85.0 Å². The molecule has 0 aliphatic heterocycles. The third-order valence-corrected chi connectivity index (χ3v) is 2.14. The van der Waals surface area contributed by atoms with Gasteiger partial charge < -0.3 is 20.9 Å². The number of H-pyrrole nitrogens is 1. The molecule has 2 atom stereocenters. The molecule has 0 bridgehead atoms. The second-order valence-corrected chi connectivity index (χ2v) is 3.11. The van der Waals surface area contributed by atoms with Crippen LogP contribution in [0.15, 0.2) is 12.7 Å². The molecule has 2 aromatic heterocycles. The number of aromatic nitrogens is 4. The van der Waals surface area contributed by atoms with Crippen molar-refractivity contribution in [3.8, 4) is 0 Å². The minimum atomic E-state index is -1.14. The zero-order chi connectivity index (χ0) is 10.8. The average Bonchev–Trinajstić information content (AvgIpc) is 2.74. The van der Waals surface area contributed by atoms with Gasteiger partial charge in [0.2, 0.25) is 0 Å². The number of fused-ring (bicyclic) bond motifs is 1. The minimum Gasteiger partial charge on any atom is -0.389 e. The number of nitrogens with one attached hydrogen (secondary N) is 1. The molecule has 15 heavy (non-hydrogen) atoms. The lowest BCUT2D eigenvalue weighted by molar-refractivity contribution is 0.0225. The van der Waals surface area contributed by atoms with Gasteiger partial charge in [0.05, 0.1) is 12.4 Å². The summed E-state index contributed by atoms with van der Waals surface area (Å²) in [5, 5.41) is 19.1. The summed E-state index contributed by atoms with van der Waals surface area (Å²) < 4.78 is 0. The number of hydrogen-bond donors (Lipinski definition) is 4. The molecule has 0 fully saturated rings. The number of rotatable bonds is 3. The van der Waals surface area contributed by atoms with Crippen LogP contribution < -0.4 is 5.73 Å². The average molecular weight is 209 g/mol. The summed E-state index contributed by atoms with van der Waals surface area (Å²) in [4.78, 5) is 14.5. The van der Waals surface area contributed by atoms with Crippen LogP contribution in [0.5, 0.6) is 0 Å². The van der Waals surface area contributed by atoms with E-state index in [1.807, 2.05) is 0 Å². The first kappa shape index (κ1) is 9.97. The van der Waals surface area contributed by atoms with Gasteiger partial charge in [-0.1, -0.05) is 0 Å². The van der Waals surface area contributed by atoms with Gasteiger partial charge in [0, 0.05) is 6.54 Å². The van der Waals surface area contributed by atoms with Gasteiger partial charge in [0.1, 0.15) is 23.6 Å². The van der Waals surface area contributed by atoms with E-state index in [9.17, 15) is 10.2 Å². The first-order valence-electron chi connectivity index (χ1n) is 4.44. The molecule has 80 valence electrons. The van der Waals surface area contributed by atoms with Gasteiger partial charge in [0.15, 0.2) is 5.65 Å². The number of aromatic amines is 1. The maximum absolute atomic E-state index is 9.74. The first-order chi connectivity index (χ1) is 7.24. The zero-order valence-electron chi connectivity index (χ0n) is 7.83.